The molecule has 1 rings (SSSR count). The second-order valence-electron chi connectivity index (χ2n) is 2.25. The topological polar surface area (TPSA) is 35.2 Å². The lowest BCUT2D eigenvalue weighted by molar-refractivity contribution is 0.126. The van der Waals surface area contributed by atoms with E-state index in [2.05, 4.69) is 0 Å². The Kier molecular flexibility index (Phi) is 3.40. The zero-order valence-electron chi connectivity index (χ0n) is 5.51. The maximum absolute atomic E-state index is 5.48. The minimum atomic E-state index is 0.595. The van der Waals surface area contributed by atoms with E-state index >= 15 is 0 Å². The third-order valence-electron chi connectivity index (χ3n) is 1.41. The van der Waals surface area contributed by atoms with Gasteiger partial charge >= 0.3 is 0 Å². The highest BCUT2D eigenvalue weighted by Crippen LogP contribution is 2.11. The van der Waals surface area contributed by atoms with Crippen LogP contribution < -0.4 is 5.73 Å². The van der Waals surface area contributed by atoms with Gasteiger partial charge in [-0.25, -0.2) is 0 Å². The largest absolute Gasteiger partial charge is 0.380 e. The molecule has 2 nitrogen and oxygen atoms in total. The summed E-state index contributed by atoms with van der Waals surface area (Å²) >= 11 is 1.94. The maximum Gasteiger partial charge on any atom is 0.0556 e. The van der Waals surface area contributed by atoms with E-state index in [0.717, 1.165) is 25.5 Å². The van der Waals surface area contributed by atoms with Gasteiger partial charge in [0.2, 0.25) is 0 Å². The van der Waals surface area contributed by atoms with E-state index in [1.165, 1.54) is 5.75 Å². The second kappa shape index (κ2) is 4.14. The van der Waals surface area contributed by atoms with E-state index in [0.29, 0.717) is 5.92 Å². The number of thioether (sulfide) groups is 1. The zero-order valence-corrected chi connectivity index (χ0v) is 6.32. The maximum atomic E-state index is 5.48. The highest BCUT2D eigenvalue weighted by atomic mass is 32.2. The average Bonchev–Trinajstić information content (AvgIpc) is 2.13. The van der Waals surface area contributed by atoms with Crippen molar-refractivity contribution in [3.8, 4) is 0 Å². The molecular formula is C6H13NOS. The first-order valence-electron chi connectivity index (χ1n) is 3.29. The molecule has 0 spiro atoms. The van der Waals surface area contributed by atoms with Crippen molar-refractivity contribution in [3.63, 3.8) is 0 Å². The fraction of sp³-hybridized carbons (Fsp3) is 1.00. The third kappa shape index (κ3) is 2.56. The summed E-state index contributed by atoms with van der Waals surface area (Å²) in [4.78, 5) is 0. The molecule has 0 aromatic rings. The highest BCUT2D eigenvalue weighted by Gasteiger charge is 2.09. The van der Waals surface area contributed by atoms with Crippen molar-refractivity contribution in [3.05, 3.63) is 0 Å². The molecule has 0 bridgehead atoms. The SMILES string of the molecule is NCC1COCCSC1. The summed E-state index contributed by atoms with van der Waals surface area (Å²) in [6.07, 6.45) is 0. The van der Waals surface area contributed by atoms with Gasteiger partial charge in [0.25, 0.3) is 0 Å². The average molecular weight is 147 g/mol. The van der Waals surface area contributed by atoms with Gasteiger partial charge in [0.05, 0.1) is 13.2 Å². The van der Waals surface area contributed by atoms with Crippen LogP contribution in [-0.2, 0) is 4.74 Å². The Morgan fingerprint density at radius 3 is 3.33 bits per heavy atom. The van der Waals surface area contributed by atoms with Gasteiger partial charge in [0, 0.05) is 11.7 Å². The quantitative estimate of drug-likeness (QED) is 0.580. The van der Waals surface area contributed by atoms with Gasteiger partial charge in [-0.3, -0.25) is 0 Å². The molecule has 0 aliphatic carbocycles. The predicted molar refractivity (Wildman–Crippen MR) is 40.7 cm³/mol. The molecule has 3 heteroatoms. The molecule has 54 valence electrons. The van der Waals surface area contributed by atoms with Crippen LogP contribution in [0.15, 0.2) is 0 Å². The van der Waals surface area contributed by atoms with Crippen LogP contribution in [0.25, 0.3) is 0 Å². The van der Waals surface area contributed by atoms with E-state index in [9.17, 15) is 0 Å². The third-order valence-corrected chi connectivity index (χ3v) is 2.57. The van der Waals surface area contributed by atoms with E-state index in [1.807, 2.05) is 11.8 Å². The van der Waals surface area contributed by atoms with Crippen LogP contribution in [0.5, 0.6) is 0 Å². The van der Waals surface area contributed by atoms with Crippen LogP contribution >= 0.6 is 11.8 Å². The first kappa shape index (κ1) is 7.38. The number of rotatable bonds is 1. The molecular weight excluding hydrogens is 134 g/mol. The molecule has 9 heavy (non-hydrogen) atoms. The summed E-state index contributed by atoms with van der Waals surface area (Å²) < 4.78 is 5.30. The lowest BCUT2D eigenvalue weighted by atomic mass is 10.2. The Bertz CT molecular complexity index is 71.5. The molecule has 1 fully saturated rings. The standard InChI is InChI=1S/C6H13NOS/c7-3-6-4-8-1-2-9-5-6/h6H,1-5,7H2. The normalized spacial score (nSPS) is 29.7. The summed E-state index contributed by atoms with van der Waals surface area (Å²) in [5.74, 6) is 2.91. The minimum absolute atomic E-state index is 0.595. The van der Waals surface area contributed by atoms with Gasteiger partial charge < -0.3 is 10.5 Å². The van der Waals surface area contributed by atoms with E-state index < -0.39 is 0 Å². The van der Waals surface area contributed by atoms with E-state index in [-0.39, 0.29) is 0 Å². The van der Waals surface area contributed by atoms with Crippen molar-refractivity contribution < 1.29 is 4.74 Å². The van der Waals surface area contributed by atoms with Crippen LogP contribution in [0.2, 0.25) is 0 Å². The fourth-order valence-electron chi connectivity index (χ4n) is 0.802. The molecule has 0 amide bonds. The van der Waals surface area contributed by atoms with Crippen molar-refractivity contribution in [2.24, 2.45) is 11.7 Å². The molecule has 0 aromatic carbocycles. The minimum Gasteiger partial charge on any atom is -0.380 e. The van der Waals surface area contributed by atoms with Crippen LogP contribution in [0.3, 0.4) is 0 Å². The molecule has 1 aliphatic heterocycles. The van der Waals surface area contributed by atoms with Gasteiger partial charge in [0.1, 0.15) is 0 Å². The Morgan fingerprint density at radius 2 is 2.56 bits per heavy atom. The number of ether oxygens (including phenoxy) is 1. The summed E-state index contributed by atoms with van der Waals surface area (Å²) in [5.41, 5.74) is 5.48. The van der Waals surface area contributed by atoms with Gasteiger partial charge in [0.15, 0.2) is 0 Å². The summed E-state index contributed by atoms with van der Waals surface area (Å²) in [7, 11) is 0. The monoisotopic (exact) mass is 147 g/mol. The first-order chi connectivity index (χ1) is 4.43. The lowest BCUT2D eigenvalue weighted by Crippen LogP contribution is -2.20. The van der Waals surface area contributed by atoms with Crippen LogP contribution in [0, 0.1) is 5.92 Å². The molecule has 0 radical (unpaired) electrons. The van der Waals surface area contributed by atoms with Crippen molar-refractivity contribution in [2.75, 3.05) is 31.3 Å². The van der Waals surface area contributed by atoms with Crippen molar-refractivity contribution in [1.29, 1.82) is 0 Å². The lowest BCUT2D eigenvalue weighted by Gasteiger charge is -2.07. The van der Waals surface area contributed by atoms with Gasteiger partial charge in [-0.2, -0.15) is 11.8 Å². The van der Waals surface area contributed by atoms with Gasteiger partial charge in [-0.05, 0) is 12.3 Å². The second-order valence-corrected chi connectivity index (χ2v) is 3.40. The van der Waals surface area contributed by atoms with E-state index in [1.54, 1.807) is 0 Å². The molecule has 1 saturated heterocycles. The van der Waals surface area contributed by atoms with Crippen molar-refractivity contribution in [2.45, 2.75) is 0 Å². The summed E-state index contributed by atoms with van der Waals surface area (Å²) in [6.45, 7) is 2.54. The molecule has 1 aliphatic rings. The Balaban J connectivity index is 2.18. The predicted octanol–water partition coefficient (Wildman–Crippen LogP) is 0.325. The zero-order chi connectivity index (χ0) is 6.53. The molecule has 1 unspecified atom stereocenters. The highest BCUT2D eigenvalue weighted by molar-refractivity contribution is 7.99. The molecule has 1 heterocycles. The molecule has 1 atom stereocenters. The smallest absolute Gasteiger partial charge is 0.0556 e. The van der Waals surface area contributed by atoms with Crippen LogP contribution in [0.1, 0.15) is 0 Å². The van der Waals surface area contributed by atoms with Crippen molar-refractivity contribution >= 4 is 11.8 Å². The van der Waals surface area contributed by atoms with Crippen LogP contribution in [0.4, 0.5) is 0 Å². The molecule has 0 aromatic heterocycles. The molecule has 0 saturated carbocycles. The summed E-state index contributed by atoms with van der Waals surface area (Å²) in [5, 5.41) is 0. The number of nitrogens with two attached hydrogens (primary N) is 1. The molecule has 2 N–H and O–H groups in total. The first-order valence-corrected chi connectivity index (χ1v) is 4.44. The Morgan fingerprint density at radius 1 is 1.67 bits per heavy atom. The number of hydrogen-bond donors (Lipinski definition) is 1. The van der Waals surface area contributed by atoms with E-state index in [4.69, 9.17) is 10.5 Å². The summed E-state index contributed by atoms with van der Waals surface area (Å²) in [6, 6.07) is 0. The van der Waals surface area contributed by atoms with Gasteiger partial charge in [-0.15, -0.1) is 0 Å². The van der Waals surface area contributed by atoms with Gasteiger partial charge in [-0.1, -0.05) is 0 Å². The Hall–Kier alpha value is 0.270. The van der Waals surface area contributed by atoms with Crippen LogP contribution in [-0.4, -0.2) is 31.3 Å². The fourth-order valence-corrected chi connectivity index (χ4v) is 1.77. The van der Waals surface area contributed by atoms with Crippen molar-refractivity contribution in [1.82, 2.24) is 0 Å². The number of hydrogen-bond acceptors (Lipinski definition) is 3. The Labute approximate surface area is 60.1 Å².